The van der Waals surface area contributed by atoms with E-state index in [1.54, 1.807) is 36.4 Å². The van der Waals surface area contributed by atoms with Gasteiger partial charge in [-0.2, -0.15) is 0 Å². The predicted octanol–water partition coefficient (Wildman–Crippen LogP) is 7.44. The van der Waals surface area contributed by atoms with Gasteiger partial charge in [-0.3, -0.25) is 4.79 Å². The van der Waals surface area contributed by atoms with E-state index in [1.165, 1.54) is 50.1 Å². The molecule has 7 nitrogen and oxygen atoms in total. The summed E-state index contributed by atoms with van der Waals surface area (Å²) < 4.78 is 58.1. The van der Waals surface area contributed by atoms with Gasteiger partial charge >= 0.3 is 5.97 Å². The highest BCUT2D eigenvalue weighted by atomic mass is 32.2. The second kappa shape index (κ2) is 15.4. The largest absolute Gasteiger partial charge is 0.493 e. The molecule has 0 spiro atoms. The molecule has 4 rings (SSSR count). The molecule has 0 aliphatic heterocycles. The fraction of sp³-hybridized carbons (Fsp3) is 0.286. The molecule has 0 bridgehead atoms. The Hall–Kier alpha value is -4.37. The molecule has 9 heteroatoms. The van der Waals surface area contributed by atoms with Crippen LogP contribution < -0.4 is 14.2 Å². The molecule has 4 aromatic carbocycles. The summed E-state index contributed by atoms with van der Waals surface area (Å²) in [5, 5.41) is 8.99. The van der Waals surface area contributed by atoms with Gasteiger partial charge in [-0.25, -0.2) is 12.8 Å². The van der Waals surface area contributed by atoms with Gasteiger partial charge in [0.1, 0.15) is 23.4 Å². The van der Waals surface area contributed by atoms with Crippen LogP contribution in [0.3, 0.4) is 0 Å². The molecule has 4 aromatic rings. The Kier molecular flexibility index (Phi) is 11.4. The van der Waals surface area contributed by atoms with Crippen LogP contribution >= 0.6 is 0 Å². The van der Waals surface area contributed by atoms with Gasteiger partial charge in [0.25, 0.3) is 0 Å². The van der Waals surface area contributed by atoms with Crippen LogP contribution in [-0.2, 0) is 27.7 Å². The maximum atomic E-state index is 14.2. The number of unbranched alkanes of at least 4 members (excludes halogenated alkanes) is 2. The average molecular weight is 621 g/mol. The number of halogens is 1. The van der Waals surface area contributed by atoms with Crippen molar-refractivity contribution in [3.63, 3.8) is 0 Å². The van der Waals surface area contributed by atoms with Crippen LogP contribution in [0.2, 0.25) is 0 Å². The number of carboxylic acids is 1. The van der Waals surface area contributed by atoms with Crippen molar-refractivity contribution in [2.24, 2.45) is 5.92 Å². The van der Waals surface area contributed by atoms with Crippen LogP contribution in [0.1, 0.15) is 47.6 Å². The first-order valence-electron chi connectivity index (χ1n) is 14.4. The number of benzene rings is 4. The van der Waals surface area contributed by atoms with Crippen molar-refractivity contribution in [1.82, 2.24) is 0 Å². The molecule has 0 saturated heterocycles. The van der Waals surface area contributed by atoms with Crippen LogP contribution in [0, 0.1) is 11.7 Å². The zero-order valence-electron chi connectivity index (χ0n) is 24.8. The predicted molar refractivity (Wildman–Crippen MR) is 166 cm³/mol. The Balaban J connectivity index is 1.59. The van der Waals surface area contributed by atoms with Gasteiger partial charge in [0, 0.05) is 6.07 Å². The number of aryl methyl sites for hydroxylation is 1. The third-order valence-corrected chi connectivity index (χ3v) is 9.73. The number of methoxy groups -OCH3 is 2. The van der Waals surface area contributed by atoms with Gasteiger partial charge in [0.05, 0.1) is 25.0 Å². The maximum Gasteiger partial charge on any atom is 0.308 e. The van der Waals surface area contributed by atoms with Crippen molar-refractivity contribution in [3.05, 3.63) is 120 Å². The van der Waals surface area contributed by atoms with E-state index in [4.69, 9.17) is 14.2 Å². The third kappa shape index (κ3) is 8.38. The highest BCUT2D eigenvalue weighted by Gasteiger charge is 2.40. The number of hydrogen-bond acceptors (Lipinski definition) is 6. The molecular formula is C35H37FO7S. The molecule has 2 unspecified atom stereocenters. The Morgan fingerprint density at radius 1 is 0.795 bits per heavy atom. The lowest BCUT2D eigenvalue weighted by molar-refractivity contribution is -0.142. The molecule has 0 saturated carbocycles. The minimum absolute atomic E-state index is 0.0629. The van der Waals surface area contributed by atoms with E-state index in [0.717, 1.165) is 24.8 Å². The Morgan fingerprint density at radius 2 is 1.48 bits per heavy atom. The highest BCUT2D eigenvalue weighted by molar-refractivity contribution is 7.91. The van der Waals surface area contributed by atoms with Crippen molar-refractivity contribution in [2.75, 3.05) is 14.2 Å². The first kappa shape index (κ1) is 32.5. The van der Waals surface area contributed by atoms with Gasteiger partial charge in [-0.1, -0.05) is 67.4 Å². The number of carboxylic acid groups (broad SMARTS) is 1. The summed E-state index contributed by atoms with van der Waals surface area (Å²) in [6, 6.07) is 26.7. The topological polar surface area (TPSA) is 99.1 Å². The second-order valence-electron chi connectivity index (χ2n) is 10.5. The molecular weight excluding hydrogens is 583 g/mol. The van der Waals surface area contributed by atoms with E-state index in [2.05, 4.69) is 12.1 Å². The minimum atomic E-state index is -4.21. The Morgan fingerprint density at radius 3 is 2.11 bits per heavy atom. The van der Waals surface area contributed by atoms with Crippen LogP contribution in [-0.4, -0.2) is 33.7 Å². The maximum absolute atomic E-state index is 14.2. The van der Waals surface area contributed by atoms with Crippen LogP contribution in [0.4, 0.5) is 4.39 Å². The quantitative estimate of drug-likeness (QED) is 0.130. The van der Waals surface area contributed by atoms with E-state index >= 15 is 0 Å². The van der Waals surface area contributed by atoms with Gasteiger partial charge < -0.3 is 19.3 Å². The molecule has 232 valence electrons. The molecule has 1 N–H and O–H groups in total. The monoisotopic (exact) mass is 620 g/mol. The number of sulfone groups is 1. The van der Waals surface area contributed by atoms with E-state index in [0.29, 0.717) is 23.5 Å². The lowest BCUT2D eigenvalue weighted by Gasteiger charge is -2.25. The van der Waals surface area contributed by atoms with E-state index < -0.39 is 27.0 Å². The number of rotatable bonds is 16. The van der Waals surface area contributed by atoms with Crippen molar-refractivity contribution in [2.45, 2.75) is 48.9 Å². The second-order valence-corrected chi connectivity index (χ2v) is 12.6. The summed E-state index contributed by atoms with van der Waals surface area (Å²) >= 11 is 0. The van der Waals surface area contributed by atoms with Crippen LogP contribution in [0.15, 0.2) is 102 Å². The van der Waals surface area contributed by atoms with Gasteiger partial charge in [-0.15, -0.1) is 0 Å². The van der Waals surface area contributed by atoms with Gasteiger partial charge in [-0.05, 0) is 72.4 Å². The number of carbonyl (C=O) groups is 1. The molecule has 44 heavy (non-hydrogen) atoms. The van der Waals surface area contributed by atoms with Gasteiger partial charge in [0.2, 0.25) is 0 Å². The lowest BCUT2D eigenvalue weighted by Crippen LogP contribution is -2.28. The highest BCUT2D eigenvalue weighted by Crippen LogP contribution is 2.41. The lowest BCUT2D eigenvalue weighted by atomic mass is 9.92. The molecule has 0 aliphatic carbocycles. The fourth-order valence-corrected chi connectivity index (χ4v) is 7.21. The normalized spacial score (nSPS) is 12.7. The zero-order chi connectivity index (χ0) is 31.5. The van der Waals surface area contributed by atoms with Crippen molar-refractivity contribution in [3.8, 4) is 17.2 Å². The zero-order valence-corrected chi connectivity index (χ0v) is 25.6. The van der Waals surface area contributed by atoms with Gasteiger partial charge in [0.15, 0.2) is 21.3 Å². The molecule has 0 radical (unpaired) electrons. The standard InChI is InChI=1S/C35H37FO7S/c1-41-32-22-21-30(23-33(32)42-2)44(39,40)34(31(35(37)38)12-8-4-7-11-25-9-5-3-6-10-25)27-15-19-29(20-16-27)43-24-26-13-17-28(36)18-14-26/h3,5-6,9-10,13-23,31,34H,4,7-8,11-12,24H2,1-2H3,(H,37,38). The first-order chi connectivity index (χ1) is 21.2. The molecule has 2 atom stereocenters. The number of ether oxygens (including phenoxy) is 3. The van der Waals surface area contributed by atoms with E-state index in [1.807, 2.05) is 18.2 Å². The summed E-state index contributed by atoms with van der Waals surface area (Å²) in [6.45, 7) is 0.188. The molecule has 0 amide bonds. The van der Waals surface area contributed by atoms with Crippen molar-refractivity contribution < 1.29 is 36.9 Å². The summed E-state index contributed by atoms with van der Waals surface area (Å²) in [6.07, 6.45) is 3.23. The van der Waals surface area contributed by atoms with E-state index in [-0.39, 0.29) is 29.5 Å². The fourth-order valence-electron chi connectivity index (χ4n) is 5.19. The Bertz CT molecular complexity index is 1610. The van der Waals surface area contributed by atoms with Crippen molar-refractivity contribution >= 4 is 15.8 Å². The molecule has 0 aliphatic rings. The molecule has 0 heterocycles. The smallest absolute Gasteiger partial charge is 0.308 e. The summed E-state index contributed by atoms with van der Waals surface area (Å²) in [4.78, 5) is 12.6. The van der Waals surface area contributed by atoms with E-state index in [9.17, 15) is 22.7 Å². The minimum Gasteiger partial charge on any atom is -0.493 e. The van der Waals surface area contributed by atoms with Crippen LogP contribution in [0.5, 0.6) is 17.2 Å². The first-order valence-corrected chi connectivity index (χ1v) is 16.0. The summed E-state index contributed by atoms with van der Waals surface area (Å²) in [5.41, 5.74) is 2.31. The third-order valence-electron chi connectivity index (χ3n) is 7.55. The SMILES string of the molecule is COc1ccc(S(=O)(=O)C(c2ccc(OCc3ccc(F)cc3)cc2)C(CCCCCc2ccccc2)C(=O)O)cc1OC. The average Bonchev–Trinajstić information content (AvgIpc) is 3.04. The molecule has 0 fully saturated rings. The molecule has 0 aromatic heterocycles. The Labute approximate surface area is 258 Å². The van der Waals surface area contributed by atoms with Crippen LogP contribution in [0.25, 0.3) is 0 Å². The summed E-state index contributed by atoms with van der Waals surface area (Å²) in [7, 11) is -1.35. The van der Waals surface area contributed by atoms with Crippen molar-refractivity contribution in [1.29, 1.82) is 0 Å². The number of aliphatic carboxylic acids is 1. The number of hydrogen-bond donors (Lipinski definition) is 1. The summed E-state index contributed by atoms with van der Waals surface area (Å²) in [5.74, 6) is -1.67.